The van der Waals surface area contributed by atoms with E-state index in [2.05, 4.69) is 15.5 Å². The van der Waals surface area contributed by atoms with Crippen LogP contribution >= 0.6 is 11.8 Å². The van der Waals surface area contributed by atoms with E-state index in [4.69, 9.17) is 4.74 Å². The molecule has 0 aliphatic heterocycles. The van der Waals surface area contributed by atoms with Gasteiger partial charge in [0, 0.05) is 19.2 Å². The van der Waals surface area contributed by atoms with E-state index in [1.165, 1.54) is 37.1 Å². The lowest BCUT2D eigenvalue weighted by Gasteiger charge is -2.13. The highest BCUT2D eigenvalue weighted by Crippen LogP contribution is 2.30. The van der Waals surface area contributed by atoms with Gasteiger partial charge in [0.15, 0.2) is 5.16 Å². The van der Waals surface area contributed by atoms with Crippen LogP contribution in [0.3, 0.4) is 0 Å². The zero-order chi connectivity index (χ0) is 17.9. The number of methoxy groups -OCH3 is 1. The first kappa shape index (κ1) is 17.7. The minimum absolute atomic E-state index is 0.129. The third kappa shape index (κ3) is 3.82. The lowest BCUT2D eigenvalue weighted by atomic mass is 10.2. The topological polar surface area (TPSA) is 112 Å². The normalized spacial score (nSPS) is 11.8. The zero-order valence-corrected chi connectivity index (χ0v) is 14.5. The monoisotopic (exact) mass is 351 g/mol. The molecule has 128 valence electrons. The zero-order valence-electron chi connectivity index (χ0n) is 13.6. The number of amides is 1. The third-order valence-electron chi connectivity index (χ3n) is 3.36. The predicted molar refractivity (Wildman–Crippen MR) is 89.3 cm³/mol. The van der Waals surface area contributed by atoms with Crippen LogP contribution in [-0.2, 0) is 11.8 Å². The molecule has 2 aromatic rings. The van der Waals surface area contributed by atoms with Crippen molar-refractivity contribution in [2.75, 3.05) is 12.4 Å². The van der Waals surface area contributed by atoms with Crippen molar-refractivity contribution in [3.63, 3.8) is 0 Å². The SMILES string of the molecule is COc1ccc([N+](=O)[O-])cc1NC(=O)[C@@H](C)Sc1nnc(C)n1C. The Morgan fingerprint density at radius 1 is 1.46 bits per heavy atom. The molecular formula is C14H17N5O4S. The molecule has 0 radical (unpaired) electrons. The Bertz CT molecular complexity index is 777. The van der Waals surface area contributed by atoms with Crippen molar-refractivity contribution in [1.29, 1.82) is 0 Å². The van der Waals surface area contributed by atoms with Crippen molar-refractivity contribution in [3.8, 4) is 5.75 Å². The summed E-state index contributed by atoms with van der Waals surface area (Å²) in [4.78, 5) is 22.7. The number of nitro groups is 1. The van der Waals surface area contributed by atoms with Gasteiger partial charge in [0.1, 0.15) is 11.6 Å². The van der Waals surface area contributed by atoms with Gasteiger partial charge in [-0.05, 0) is 19.9 Å². The minimum Gasteiger partial charge on any atom is -0.495 e. The molecule has 2 rings (SSSR count). The number of aryl methyl sites for hydroxylation is 1. The van der Waals surface area contributed by atoms with Gasteiger partial charge in [-0.2, -0.15) is 0 Å². The maximum Gasteiger partial charge on any atom is 0.271 e. The number of nitro benzene ring substituents is 1. The number of nitrogens with zero attached hydrogens (tertiary/aromatic N) is 4. The van der Waals surface area contributed by atoms with E-state index in [1.807, 2.05) is 14.0 Å². The quantitative estimate of drug-likeness (QED) is 0.482. The molecule has 0 spiro atoms. The van der Waals surface area contributed by atoms with Gasteiger partial charge < -0.3 is 14.6 Å². The average Bonchev–Trinajstić information content (AvgIpc) is 2.86. The first-order valence-electron chi connectivity index (χ1n) is 6.99. The summed E-state index contributed by atoms with van der Waals surface area (Å²) < 4.78 is 6.91. The lowest BCUT2D eigenvalue weighted by molar-refractivity contribution is -0.384. The number of ether oxygens (including phenoxy) is 1. The standard InChI is InChI=1S/C14H17N5O4S/c1-8(24-14-17-16-9(2)18(14)3)13(20)15-11-7-10(19(21)22)5-6-12(11)23-4/h5-8H,1-4H3,(H,15,20)/t8-/m1/s1. The van der Waals surface area contributed by atoms with Crippen molar-refractivity contribution in [2.45, 2.75) is 24.3 Å². The molecule has 1 aromatic carbocycles. The Labute approximate surface area is 142 Å². The molecule has 10 heteroatoms. The number of aromatic nitrogens is 3. The van der Waals surface area contributed by atoms with Crippen LogP contribution in [0.5, 0.6) is 5.75 Å². The lowest BCUT2D eigenvalue weighted by Crippen LogP contribution is -2.23. The van der Waals surface area contributed by atoms with Crippen LogP contribution in [0.1, 0.15) is 12.7 Å². The van der Waals surface area contributed by atoms with Gasteiger partial charge in [-0.1, -0.05) is 11.8 Å². The molecule has 1 N–H and O–H groups in total. The number of benzene rings is 1. The summed E-state index contributed by atoms with van der Waals surface area (Å²) in [5.41, 5.74) is 0.119. The first-order valence-corrected chi connectivity index (χ1v) is 7.87. The Morgan fingerprint density at radius 2 is 2.17 bits per heavy atom. The molecule has 0 fully saturated rings. The van der Waals surface area contributed by atoms with Gasteiger partial charge in [-0.25, -0.2) is 0 Å². The van der Waals surface area contributed by atoms with Gasteiger partial charge in [0.25, 0.3) is 5.69 Å². The van der Waals surface area contributed by atoms with Gasteiger partial charge in [0.05, 0.1) is 23.0 Å². The van der Waals surface area contributed by atoms with E-state index >= 15 is 0 Å². The Morgan fingerprint density at radius 3 is 2.71 bits per heavy atom. The smallest absolute Gasteiger partial charge is 0.271 e. The number of carbonyl (C=O) groups is 1. The van der Waals surface area contributed by atoms with E-state index in [0.717, 1.165) is 5.82 Å². The molecule has 0 bridgehead atoms. The van der Waals surface area contributed by atoms with Crippen molar-refractivity contribution < 1.29 is 14.5 Å². The Kier molecular flexibility index (Phi) is 5.39. The third-order valence-corrected chi connectivity index (χ3v) is 4.49. The molecule has 1 heterocycles. The molecule has 0 aliphatic rings. The van der Waals surface area contributed by atoms with Crippen LogP contribution < -0.4 is 10.1 Å². The highest BCUT2D eigenvalue weighted by Gasteiger charge is 2.20. The van der Waals surface area contributed by atoms with Crippen LogP contribution in [-0.4, -0.2) is 38.0 Å². The fourth-order valence-electron chi connectivity index (χ4n) is 1.84. The van der Waals surface area contributed by atoms with E-state index in [-0.39, 0.29) is 17.3 Å². The maximum absolute atomic E-state index is 12.4. The number of hydrogen-bond acceptors (Lipinski definition) is 7. The van der Waals surface area contributed by atoms with Crippen molar-refractivity contribution in [3.05, 3.63) is 34.1 Å². The molecule has 0 unspecified atom stereocenters. The van der Waals surface area contributed by atoms with Crippen molar-refractivity contribution in [1.82, 2.24) is 14.8 Å². The summed E-state index contributed by atoms with van der Waals surface area (Å²) in [6.07, 6.45) is 0. The number of anilines is 1. The second-order valence-electron chi connectivity index (χ2n) is 4.98. The fraction of sp³-hybridized carbons (Fsp3) is 0.357. The summed E-state index contributed by atoms with van der Waals surface area (Å²) in [7, 11) is 3.24. The Balaban J connectivity index is 2.14. The number of hydrogen-bond donors (Lipinski definition) is 1. The highest BCUT2D eigenvalue weighted by molar-refractivity contribution is 8.00. The number of non-ortho nitro benzene ring substituents is 1. The summed E-state index contributed by atoms with van der Waals surface area (Å²) in [5, 5.41) is 21.6. The molecule has 9 nitrogen and oxygen atoms in total. The van der Waals surface area contributed by atoms with Crippen molar-refractivity contribution >= 4 is 29.0 Å². The van der Waals surface area contributed by atoms with Gasteiger partial charge in [0.2, 0.25) is 5.91 Å². The molecule has 0 saturated heterocycles. The average molecular weight is 351 g/mol. The molecule has 0 aliphatic carbocycles. The van der Waals surface area contributed by atoms with Gasteiger partial charge in [-0.15, -0.1) is 10.2 Å². The number of nitrogens with one attached hydrogen (secondary N) is 1. The molecule has 1 aromatic heterocycles. The Hall–Kier alpha value is -2.62. The number of carbonyl (C=O) groups excluding carboxylic acids is 1. The maximum atomic E-state index is 12.4. The number of rotatable bonds is 6. The van der Waals surface area contributed by atoms with E-state index < -0.39 is 10.2 Å². The molecule has 24 heavy (non-hydrogen) atoms. The largest absolute Gasteiger partial charge is 0.495 e. The summed E-state index contributed by atoms with van der Waals surface area (Å²) in [6, 6.07) is 4.02. The summed E-state index contributed by atoms with van der Waals surface area (Å²) in [6.45, 7) is 3.53. The molecule has 1 atom stereocenters. The summed E-state index contributed by atoms with van der Waals surface area (Å²) in [5.74, 6) is 0.769. The summed E-state index contributed by atoms with van der Waals surface area (Å²) >= 11 is 1.24. The van der Waals surface area contributed by atoms with Crippen LogP contribution in [0.15, 0.2) is 23.4 Å². The van der Waals surface area contributed by atoms with Crippen LogP contribution in [0.2, 0.25) is 0 Å². The van der Waals surface area contributed by atoms with E-state index in [1.54, 1.807) is 11.5 Å². The minimum atomic E-state index is -0.532. The second kappa shape index (κ2) is 7.30. The predicted octanol–water partition coefficient (Wildman–Crippen LogP) is 2.16. The van der Waals surface area contributed by atoms with Gasteiger partial charge in [-0.3, -0.25) is 14.9 Å². The van der Waals surface area contributed by atoms with Crippen LogP contribution in [0.25, 0.3) is 0 Å². The highest BCUT2D eigenvalue weighted by atomic mass is 32.2. The first-order chi connectivity index (χ1) is 11.3. The molecule has 1 amide bonds. The fourth-order valence-corrected chi connectivity index (χ4v) is 2.70. The molecular weight excluding hydrogens is 334 g/mol. The van der Waals surface area contributed by atoms with Crippen molar-refractivity contribution in [2.24, 2.45) is 7.05 Å². The van der Waals surface area contributed by atoms with Gasteiger partial charge >= 0.3 is 0 Å². The van der Waals surface area contributed by atoms with Crippen LogP contribution in [0, 0.1) is 17.0 Å². The van der Waals surface area contributed by atoms with E-state index in [9.17, 15) is 14.9 Å². The van der Waals surface area contributed by atoms with E-state index in [0.29, 0.717) is 10.9 Å². The molecule has 0 saturated carbocycles. The van der Waals surface area contributed by atoms with Crippen LogP contribution in [0.4, 0.5) is 11.4 Å². The second-order valence-corrected chi connectivity index (χ2v) is 6.29. The number of thioether (sulfide) groups is 1.